The van der Waals surface area contributed by atoms with E-state index >= 15 is 0 Å². The molecule has 100 valence electrons. The third-order valence-electron chi connectivity index (χ3n) is 2.30. The summed E-state index contributed by atoms with van der Waals surface area (Å²) in [6, 6.07) is 1.31. The van der Waals surface area contributed by atoms with Gasteiger partial charge in [-0.1, -0.05) is 6.92 Å². The van der Waals surface area contributed by atoms with Crippen molar-refractivity contribution in [2.24, 2.45) is 5.73 Å². The van der Waals surface area contributed by atoms with Gasteiger partial charge < -0.3 is 20.7 Å². The molecule has 0 aromatic heterocycles. The molecule has 0 saturated carbocycles. The van der Waals surface area contributed by atoms with E-state index in [0.717, 1.165) is 12.1 Å². The number of benzene rings is 1. The third-order valence-corrected chi connectivity index (χ3v) is 2.30. The topological polar surface area (TPSA) is 92.8 Å². The second-order valence-electron chi connectivity index (χ2n) is 3.93. The Balaban J connectivity index is 2.70. The van der Waals surface area contributed by atoms with Gasteiger partial charge in [0.1, 0.15) is 6.04 Å². The molecule has 0 heterocycles. The van der Waals surface area contributed by atoms with Crippen molar-refractivity contribution in [2.45, 2.75) is 25.8 Å². The molecule has 0 aliphatic heterocycles. The van der Waals surface area contributed by atoms with E-state index in [-0.39, 0.29) is 13.0 Å². The minimum atomic E-state index is -1.10. The van der Waals surface area contributed by atoms with Crippen LogP contribution in [0.25, 0.3) is 0 Å². The van der Waals surface area contributed by atoms with Gasteiger partial charge in [0.05, 0.1) is 6.61 Å². The zero-order chi connectivity index (χ0) is 13.7. The van der Waals surface area contributed by atoms with E-state index in [9.17, 15) is 19.4 Å². The Hall–Kier alpha value is -1.82. The fourth-order valence-corrected chi connectivity index (χ4v) is 1.42. The van der Waals surface area contributed by atoms with Crippen molar-refractivity contribution in [3.05, 3.63) is 23.5 Å². The predicted molar refractivity (Wildman–Crippen MR) is 62.7 cm³/mol. The number of aromatic hydroxyl groups is 2. The van der Waals surface area contributed by atoms with Crippen LogP contribution in [0.15, 0.2) is 12.1 Å². The maximum absolute atomic E-state index is 13.0. The first-order chi connectivity index (χ1) is 8.45. The molecule has 4 N–H and O–H groups in total. The van der Waals surface area contributed by atoms with E-state index in [1.165, 1.54) is 0 Å². The van der Waals surface area contributed by atoms with Crippen LogP contribution in [-0.2, 0) is 16.0 Å². The van der Waals surface area contributed by atoms with Gasteiger partial charge in [0, 0.05) is 0 Å². The standard InChI is InChI=1S/C12H16FNO4/c1-2-3-18-12(17)8(14)4-7-5-9(15)11(13)10(16)6-7/h5-6,8,15-16H,2-4,14H2,1H3/t8-/m0/s1. The van der Waals surface area contributed by atoms with Gasteiger partial charge in [-0.25, -0.2) is 0 Å². The van der Waals surface area contributed by atoms with E-state index < -0.39 is 29.3 Å². The number of hydrogen-bond donors (Lipinski definition) is 3. The molecule has 0 unspecified atom stereocenters. The van der Waals surface area contributed by atoms with Gasteiger partial charge in [-0.3, -0.25) is 4.79 Å². The monoisotopic (exact) mass is 257 g/mol. The number of phenols is 2. The normalized spacial score (nSPS) is 12.2. The minimum absolute atomic E-state index is 0.0456. The molecule has 0 spiro atoms. The van der Waals surface area contributed by atoms with Gasteiger partial charge in [0.2, 0.25) is 5.82 Å². The molecule has 0 aliphatic carbocycles. The molecule has 1 aromatic carbocycles. The Kier molecular flexibility index (Phi) is 4.91. The number of rotatable bonds is 5. The highest BCUT2D eigenvalue weighted by molar-refractivity contribution is 5.75. The molecule has 0 bridgehead atoms. The summed E-state index contributed by atoms with van der Waals surface area (Å²) < 4.78 is 17.8. The molecule has 6 heteroatoms. The molecule has 1 rings (SSSR count). The molecule has 0 fully saturated rings. The number of hydrogen-bond acceptors (Lipinski definition) is 5. The number of halogens is 1. The number of carbonyl (C=O) groups is 1. The Morgan fingerprint density at radius 3 is 2.50 bits per heavy atom. The smallest absolute Gasteiger partial charge is 0.323 e. The fourth-order valence-electron chi connectivity index (χ4n) is 1.42. The fraction of sp³-hybridized carbons (Fsp3) is 0.417. The van der Waals surface area contributed by atoms with Gasteiger partial charge >= 0.3 is 5.97 Å². The molecule has 0 saturated heterocycles. The Morgan fingerprint density at radius 2 is 2.00 bits per heavy atom. The van der Waals surface area contributed by atoms with E-state index in [1.807, 2.05) is 6.92 Å². The summed E-state index contributed by atoms with van der Waals surface area (Å²) >= 11 is 0. The number of nitrogens with two attached hydrogens (primary N) is 1. The van der Waals surface area contributed by atoms with E-state index in [2.05, 4.69) is 0 Å². The van der Waals surface area contributed by atoms with E-state index in [4.69, 9.17) is 10.5 Å². The molecule has 5 nitrogen and oxygen atoms in total. The molecule has 0 radical (unpaired) electrons. The van der Waals surface area contributed by atoms with E-state index in [1.54, 1.807) is 0 Å². The maximum Gasteiger partial charge on any atom is 0.323 e. The summed E-state index contributed by atoms with van der Waals surface area (Å²) in [6.45, 7) is 2.14. The number of ether oxygens (including phenoxy) is 1. The van der Waals surface area contributed by atoms with Gasteiger partial charge in [-0.15, -0.1) is 0 Å². The molecule has 1 aromatic rings. The first kappa shape index (κ1) is 14.2. The molecule has 18 heavy (non-hydrogen) atoms. The number of carbonyl (C=O) groups excluding carboxylic acids is 1. The van der Waals surface area contributed by atoms with Crippen LogP contribution in [0.4, 0.5) is 4.39 Å². The van der Waals surface area contributed by atoms with Crippen LogP contribution in [0.1, 0.15) is 18.9 Å². The number of phenolic OH excluding ortho intramolecular Hbond substituents is 2. The lowest BCUT2D eigenvalue weighted by atomic mass is 10.1. The largest absolute Gasteiger partial charge is 0.505 e. The minimum Gasteiger partial charge on any atom is -0.505 e. The summed E-state index contributed by atoms with van der Waals surface area (Å²) in [5.74, 6) is -3.03. The lowest BCUT2D eigenvalue weighted by Crippen LogP contribution is -2.34. The summed E-state index contributed by atoms with van der Waals surface area (Å²) in [7, 11) is 0. The van der Waals surface area contributed by atoms with Gasteiger partial charge in [-0.05, 0) is 30.5 Å². The predicted octanol–water partition coefficient (Wildman–Crippen LogP) is 1.06. The van der Waals surface area contributed by atoms with Crippen LogP contribution in [0, 0.1) is 5.82 Å². The average Bonchev–Trinajstić information content (AvgIpc) is 2.32. The average molecular weight is 257 g/mol. The molecule has 1 atom stereocenters. The van der Waals surface area contributed by atoms with Crippen molar-refractivity contribution < 1.29 is 24.1 Å². The zero-order valence-electron chi connectivity index (χ0n) is 10.0. The van der Waals surface area contributed by atoms with Crippen LogP contribution in [0.3, 0.4) is 0 Å². The van der Waals surface area contributed by atoms with Crippen LogP contribution in [0.5, 0.6) is 11.5 Å². The highest BCUT2D eigenvalue weighted by Crippen LogP contribution is 2.27. The van der Waals surface area contributed by atoms with Gasteiger partial charge in [-0.2, -0.15) is 4.39 Å². The first-order valence-corrected chi connectivity index (χ1v) is 5.58. The van der Waals surface area contributed by atoms with Crippen molar-refractivity contribution in [1.82, 2.24) is 0 Å². The van der Waals surface area contributed by atoms with Gasteiger partial charge in [0.15, 0.2) is 11.5 Å². The van der Waals surface area contributed by atoms with Crippen molar-refractivity contribution in [2.75, 3.05) is 6.61 Å². The second kappa shape index (κ2) is 6.20. The van der Waals surface area contributed by atoms with Crippen molar-refractivity contribution in [1.29, 1.82) is 0 Å². The molecule has 0 aliphatic rings. The van der Waals surface area contributed by atoms with Crippen LogP contribution >= 0.6 is 0 Å². The highest BCUT2D eigenvalue weighted by atomic mass is 19.1. The summed E-state index contributed by atoms with van der Waals surface area (Å²) in [6.07, 6.45) is 0.737. The Morgan fingerprint density at radius 1 is 1.44 bits per heavy atom. The van der Waals surface area contributed by atoms with Crippen LogP contribution in [0.2, 0.25) is 0 Å². The first-order valence-electron chi connectivity index (χ1n) is 5.58. The van der Waals surface area contributed by atoms with Crippen molar-refractivity contribution in [3.63, 3.8) is 0 Å². The summed E-state index contributed by atoms with van der Waals surface area (Å²) in [5, 5.41) is 18.4. The molecular formula is C12H16FNO4. The number of esters is 1. The Bertz CT molecular complexity index is 413. The lowest BCUT2D eigenvalue weighted by molar-refractivity contribution is -0.145. The summed E-state index contributed by atoms with van der Waals surface area (Å²) in [4.78, 5) is 11.4. The molecular weight excluding hydrogens is 241 g/mol. The van der Waals surface area contributed by atoms with Gasteiger partial charge in [0.25, 0.3) is 0 Å². The quantitative estimate of drug-likeness (QED) is 0.686. The maximum atomic E-state index is 13.0. The second-order valence-corrected chi connectivity index (χ2v) is 3.93. The Labute approximate surface area is 104 Å². The highest BCUT2D eigenvalue weighted by Gasteiger charge is 2.17. The third kappa shape index (κ3) is 3.59. The zero-order valence-corrected chi connectivity index (χ0v) is 10.0. The van der Waals surface area contributed by atoms with Crippen LogP contribution in [-0.4, -0.2) is 28.8 Å². The van der Waals surface area contributed by atoms with E-state index in [0.29, 0.717) is 12.0 Å². The summed E-state index contributed by atoms with van der Waals surface area (Å²) in [5.41, 5.74) is 5.95. The molecule has 0 amide bonds. The van der Waals surface area contributed by atoms with Crippen LogP contribution < -0.4 is 5.73 Å². The SMILES string of the molecule is CCCOC(=O)[C@@H](N)Cc1cc(O)c(F)c(O)c1. The van der Waals surface area contributed by atoms with Crippen molar-refractivity contribution in [3.8, 4) is 11.5 Å². The lowest BCUT2D eigenvalue weighted by Gasteiger charge is -2.11. The van der Waals surface area contributed by atoms with Crippen molar-refractivity contribution >= 4 is 5.97 Å².